The van der Waals surface area contributed by atoms with E-state index in [-0.39, 0.29) is 11.8 Å². The molecule has 0 aliphatic carbocycles. The highest BCUT2D eigenvalue weighted by atomic mass is 16.5. The Morgan fingerprint density at radius 2 is 1.79 bits per heavy atom. The zero-order valence-corrected chi connectivity index (χ0v) is 17.5. The summed E-state index contributed by atoms with van der Waals surface area (Å²) >= 11 is 0. The lowest BCUT2D eigenvalue weighted by molar-refractivity contribution is -0.122. The summed E-state index contributed by atoms with van der Waals surface area (Å²) in [4.78, 5) is 27.4. The van der Waals surface area contributed by atoms with E-state index in [0.29, 0.717) is 43.3 Å². The van der Waals surface area contributed by atoms with Gasteiger partial charge in [0.05, 0.1) is 24.5 Å². The quantitative estimate of drug-likeness (QED) is 0.840. The molecule has 154 valence electrons. The van der Waals surface area contributed by atoms with Crippen molar-refractivity contribution in [1.29, 1.82) is 0 Å². The van der Waals surface area contributed by atoms with Crippen molar-refractivity contribution in [3.05, 3.63) is 58.7 Å². The van der Waals surface area contributed by atoms with E-state index in [4.69, 9.17) is 9.47 Å². The van der Waals surface area contributed by atoms with Crippen LogP contribution in [-0.2, 0) is 9.53 Å². The molecule has 0 radical (unpaired) electrons. The molecule has 29 heavy (non-hydrogen) atoms. The van der Waals surface area contributed by atoms with E-state index in [1.165, 1.54) is 0 Å². The van der Waals surface area contributed by atoms with Crippen LogP contribution in [0.3, 0.4) is 0 Å². The summed E-state index contributed by atoms with van der Waals surface area (Å²) < 4.78 is 11.2. The average molecular weight is 396 g/mol. The van der Waals surface area contributed by atoms with Crippen LogP contribution in [0, 0.1) is 20.8 Å². The van der Waals surface area contributed by atoms with Crippen LogP contribution < -0.4 is 10.1 Å². The van der Waals surface area contributed by atoms with Gasteiger partial charge in [-0.25, -0.2) is 0 Å². The monoisotopic (exact) mass is 396 g/mol. The first kappa shape index (κ1) is 20.9. The SMILES string of the molecule is Cc1cc(C)c(C)c(O[C@@H](C)C(=O)Nc2ccccc2C(=O)N2CCOCC2)c1. The molecule has 1 saturated heterocycles. The number of hydrogen-bond donors (Lipinski definition) is 1. The van der Waals surface area contributed by atoms with Crippen molar-refractivity contribution in [2.75, 3.05) is 31.6 Å². The van der Waals surface area contributed by atoms with Gasteiger partial charge in [-0.3, -0.25) is 9.59 Å². The van der Waals surface area contributed by atoms with Crippen LogP contribution in [0.4, 0.5) is 5.69 Å². The fourth-order valence-corrected chi connectivity index (χ4v) is 3.32. The second-order valence-electron chi connectivity index (χ2n) is 7.40. The molecule has 0 saturated carbocycles. The maximum Gasteiger partial charge on any atom is 0.265 e. The molecule has 2 aromatic rings. The second-order valence-corrected chi connectivity index (χ2v) is 7.40. The van der Waals surface area contributed by atoms with Crippen LogP contribution in [0.5, 0.6) is 5.75 Å². The number of morpholine rings is 1. The molecule has 0 bridgehead atoms. The lowest BCUT2D eigenvalue weighted by Gasteiger charge is -2.27. The van der Waals surface area contributed by atoms with Crippen molar-refractivity contribution in [3.63, 3.8) is 0 Å². The number of aryl methyl sites for hydroxylation is 2. The molecule has 1 N–H and O–H groups in total. The maximum atomic E-state index is 12.9. The van der Waals surface area contributed by atoms with Gasteiger partial charge in [-0.2, -0.15) is 0 Å². The highest BCUT2D eigenvalue weighted by molar-refractivity contribution is 6.04. The second kappa shape index (κ2) is 9.09. The fraction of sp³-hybridized carbons (Fsp3) is 0.391. The van der Waals surface area contributed by atoms with Gasteiger partial charge >= 0.3 is 0 Å². The predicted molar refractivity (Wildman–Crippen MR) is 113 cm³/mol. The van der Waals surface area contributed by atoms with Crippen LogP contribution in [0.25, 0.3) is 0 Å². The van der Waals surface area contributed by atoms with Gasteiger partial charge in [0.15, 0.2) is 6.10 Å². The number of carbonyl (C=O) groups excluding carboxylic acids is 2. The molecule has 1 atom stereocenters. The van der Waals surface area contributed by atoms with Gasteiger partial charge in [-0.1, -0.05) is 18.2 Å². The molecule has 3 rings (SSSR count). The first-order valence-corrected chi connectivity index (χ1v) is 9.88. The Bertz CT molecular complexity index is 904. The van der Waals surface area contributed by atoms with Crippen LogP contribution in [0.2, 0.25) is 0 Å². The molecule has 0 unspecified atom stereocenters. The Balaban J connectivity index is 1.73. The zero-order chi connectivity index (χ0) is 21.0. The van der Waals surface area contributed by atoms with Gasteiger partial charge in [-0.05, 0) is 62.6 Å². The Hall–Kier alpha value is -2.86. The third-order valence-corrected chi connectivity index (χ3v) is 5.15. The predicted octanol–water partition coefficient (Wildman–Crippen LogP) is 3.49. The van der Waals surface area contributed by atoms with Crippen molar-refractivity contribution in [1.82, 2.24) is 4.90 Å². The van der Waals surface area contributed by atoms with Crippen molar-refractivity contribution in [3.8, 4) is 5.75 Å². The number of nitrogens with one attached hydrogen (secondary N) is 1. The Morgan fingerprint density at radius 3 is 2.52 bits per heavy atom. The molecule has 1 heterocycles. The number of amides is 2. The molecule has 1 fully saturated rings. The number of anilines is 1. The summed E-state index contributed by atoms with van der Waals surface area (Å²) in [5.41, 5.74) is 4.17. The van der Waals surface area contributed by atoms with Crippen molar-refractivity contribution < 1.29 is 19.1 Å². The van der Waals surface area contributed by atoms with E-state index in [0.717, 1.165) is 16.7 Å². The van der Waals surface area contributed by atoms with Crippen LogP contribution in [0.1, 0.15) is 34.0 Å². The van der Waals surface area contributed by atoms with Crippen LogP contribution in [-0.4, -0.2) is 49.1 Å². The van der Waals surface area contributed by atoms with Gasteiger partial charge in [0.1, 0.15) is 5.75 Å². The highest BCUT2D eigenvalue weighted by Gasteiger charge is 2.23. The minimum absolute atomic E-state index is 0.108. The number of hydrogen-bond acceptors (Lipinski definition) is 4. The lowest BCUT2D eigenvalue weighted by atomic mass is 10.1. The van der Waals surface area contributed by atoms with Gasteiger partial charge in [0.25, 0.3) is 11.8 Å². The molecule has 2 aromatic carbocycles. The van der Waals surface area contributed by atoms with Gasteiger partial charge in [-0.15, -0.1) is 0 Å². The standard InChI is InChI=1S/C23H28N2O4/c1-15-13-16(2)17(3)21(14-15)29-18(4)22(26)24-20-8-6-5-7-19(20)23(27)25-9-11-28-12-10-25/h5-8,13-14,18H,9-12H2,1-4H3,(H,24,26)/t18-/m0/s1. The third-order valence-electron chi connectivity index (χ3n) is 5.15. The topological polar surface area (TPSA) is 67.9 Å². The highest BCUT2D eigenvalue weighted by Crippen LogP contribution is 2.25. The van der Waals surface area contributed by atoms with E-state index in [1.54, 1.807) is 36.1 Å². The third kappa shape index (κ3) is 4.95. The number of rotatable bonds is 5. The molecular formula is C23H28N2O4. The molecule has 0 aromatic heterocycles. The van der Waals surface area contributed by atoms with Gasteiger partial charge < -0.3 is 19.7 Å². The van der Waals surface area contributed by atoms with Crippen molar-refractivity contribution >= 4 is 17.5 Å². The fourth-order valence-electron chi connectivity index (χ4n) is 3.32. The summed E-state index contributed by atoms with van der Waals surface area (Å²) in [6, 6.07) is 11.1. The van der Waals surface area contributed by atoms with E-state index in [9.17, 15) is 9.59 Å². The van der Waals surface area contributed by atoms with Crippen molar-refractivity contribution in [2.24, 2.45) is 0 Å². The number of ether oxygens (including phenoxy) is 2. The number of para-hydroxylation sites is 1. The van der Waals surface area contributed by atoms with Crippen molar-refractivity contribution in [2.45, 2.75) is 33.8 Å². The van der Waals surface area contributed by atoms with Crippen LogP contribution in [0.15, 0.2) is 36.4 Å². The van der Waals surface area contributed by atoms with E-state index in [2.05, 4.69) is 11.4 Å². The summed E-state index contributed by atoms with van der Waals surface area (Å²) in [6.07, 6.45) is -0.707. The zero-order valence-electron chi connectivity index (χ0n) is 17.5. The Morgan fingerprint density at radius 1 is 1.10 bits per heavy atom. The molecule has 0 spiro atoms. The summed E-state index contributed by atoms with van der Waals surface area (Å²) in [5.74, 6) is 0.288. The summed E-state index contributed by atoms with van der Waals surface area (Å²) in [7, 11) is 0. The molecule has 6 heteroatoms. The normalized spacial score (nSPS) is 15.0. The minimum atomic E-state index is -0.707. The minimum Gasteiger partial charge on any atom is -0.481 e. The molecular weight excluding hydrogens is 368 g/mol. The summed E-state index contributed by atoms with van der Waals surface area (Å²) in [5, 5.41) is 2.86. The smallest absolute Gasteiger partial charge is 0.265 e. The lowest BCUT2D eigenvalue weighted by Crippen LogP contribution is -2.41. The number of benzene rings is 2. The maximum absolute atomic E-state index is 12.9. The van der Waals surface area contributed by atoms with Gasteiger partial charge in [0, 0.05) is 13.1 Å². The Labute approximate surface area is 171 Å². The Kier molecular flexibility index (Phi) is 6.54. The molecule has 6 nitrogen and oxygen atoms in total. The van der Waals surface area contributed by atoms with E-state index >= 15 is 0 Å². The van der Waals surface area contributed by atoms with E-state index in [1.807, 2.05) is 26.8 Å². The molecule has 1 aliphatic heterocycles. The average Bonchev–Trinajstić information content (AvgIpc) is 2.72. The number of carbonyl (C=O) groups is 2. The summed E-state index contributed by atoms with van der Waals surface area (Å²) in [6.45, 7) is 9.86. The first-order valence-electron chi connectivity index (χ1n) is 9.88. The first-order chi connectivity index (χ1) is 13.9. The molecule has 1 aliphatic rings. The largest absolute Gasteiger partial charge is 0.481 e. The van der Waals surface area contributed by atoms with Crippen LogP contribution >= 0.6 is 0 Å². The number of nitrogens with zero attached hydrogens (tertiary/aromatic N) is 1. The van der Waals surface area contributed by atoms with Gasteiger partial charge in [0.2, 0.25) is 0 Å². The van der Waals surface area contributed by atoms with E-state index < -0.39 is 6.10 Å². The molecule has 2 amide bonds.